The summed E-state index contributed by atoms with van der Waals surface area (Å²) in [5.74, 6) is 1.11. The van der Waals surface area contributed by atoms with Gasteiger partial charge in [-0.25, -0.2) is 0 Å². The molecule has 0 saturated carbocycles. The van der Waals surface area contributed by atoms with Gasteiger partial charge in [0.1, 0.15) is 4.38 Å². The van der Waals surface area contributed by atoms with E-state index < -0.39 is 0 Å². The molecular formula is C6H9NS2. The van der Waals surface area contributed by atoms with E-state index in [4.69, 9.17) is 0 Å². The van der Waals surface area contributed by atoms with Gasteiger partial charge in [-0.1, -0.05) is 29.1 Å². The van der Waals surface area contributed by atoms with Crippen LogP contribution in [0.25, 0.3) is 0 Å². The third-order valence-corrected chi connectivity index (χ3v) is 3.54. The van der Waals surface area contributed by atoms with Gasteiger partial charge in [-0.15, -0.1) is 0 Å². The van der Waals surface area contributed by atoms with Crippen molar-refractivity contribution >= 4 is 27.9 Å². The van der Waals surface area contributed by atoms with Crippen LogP contribution in [0.4, 0.5) is 0 Å². The van der Waals surface area contributed by atoms with Crippen molar-refractivity contribution in [1.29, 1.82) is 0 Å². The summed E-state index contributed by atoms with van der Waals surface area (Å²) in [6, 6.07) is 0. The molecule has 0 aromatic carbocycles. The quantitative estimate of drug-likeness (QED) is 0.538. The Labute approximate surface area is 64.0 Å². The second-order valence-electron chi connectivity index (χ2n) is 1.86. The predicted molar refractivity (Wildman–Crippen MR) is 47.2 cm³/mol. The molecule has 0 atom stereocenters. The first kappa shape index (κ1) is 7.22. The van der Waals surface area contributed by atoms with Gasteiger partial charge in [0, 0.05) is 12.8 Å². The van der Waals surface area contributed by atoms with Gasteiger partial charge >= 0.3 is 0 Å². The van der Waals surface area contributed by atoms with Gasteiger partial charge in [0.25, 0.3) is 0 Å². The summed E-state index contributed by atoms with van der Waals surface area (Å²) >= 11 is 3.54. The van der Waals surface area contributed by atoms with E-state index in [-0.39, 0.29) is 0 Å². The molecule has 0 saturated heterocycles. The van der Waals surface area contributed by atoms with Crippen molar-refractivity contribution in [1.82, 2.24) is 0 Å². The molecule has 1 aliphatic heterocycles. The zero-order valence-electron chi connectivity index (χ0n) is 5.55. The van der Waals surface area contributed by atoms with Crippen molar-refractivity contribution < 1.29 is 0 Å². The lowest BCUT2D eigenvalue weighted by Gasteiger charge is -2.08. The Morgan fingerprint density at radius 1 is 1.67 bits per heavy atom. The zero-order chi connectivity index (χ0) is 6.69. The Balaban J connectivity index is 2.56. The second-order valence-corrected chi connectivity index (χ2v) is 3.94. The number of rotatable bonds is 0. The number of hydrogen-bond acceptors (Lipinski definition) is 3. The lowest BCUT2D eigenvalue weighted by Crippen LogP contribution is -1.93. The summed E-state index contributed by atoms with van der Waals surface area (Å²) in [5.41, 5.74) is 1.44. The Morgan fingerprint density at radius 3 is 2.89 bits per heavy atom. The maximum Gasteiger partial charge on any atom is 0.128 e. The number of nitrogens with zero attached hydrogens (tertiary/aromatic N) is 1. The maximum absolute atomic E-state index is 4.08. The molecule has 0 unspecified atom stereocenters. The van der Waals surface area contributed by atoms with E-state index in [9.17, 15) is 0 Å². The monoisotopic (exact) mass is 159 g/mol. The SMILES string of the molecule is CN=C1SC=C(C)CS1. The van der Waals surface area contributed by atoms with Crippen LogP contribution in [0, 0.1) is 0 Å². The fourth-order valence-corrected chi connectivity index (χ4v) is 2.26. The Hall–Kier alpha value is 0.110. The van der Waals surface area contributed by atoms with Gasteiger partial charge in [-0.2, -0.15) is 0 Å². The van der Waals surface area contributed by atoms with Crippen LogP contribution >= 0.6 is 23.5 Å². The highest BCUT2D eigenvalue weighted by atomic mass is 32.2. The first-order valence-corrected chi connectivity index (χ1v) is 4.61. The summed E-state index contributed by atoms with van der Waals surface area (Å²) in [6.45, 7) is 2.15. The minimum atomic E-state index is 1.11. The van der Waals surface area contributed by atoms with Crippen LogP contribution < -0.4 is 0 Å². The topological polar surface area (TPSA) is 12.4 Å². The highest BCUT2D eigenvalue weighted by Crippen LogP contribution is 2.26. The standard InChI is InChI=1S/C6H9NS2/c1-5-3-8-6(7-2)9-4-5/h3H,4H2,1-2H3. The van der Waals surface area contributed by atoms with Crippen molar-refractivity contribution in [3.05, 3.63) is 11.0 Å². The predicted octanol–water partition coefficient (Wildman–Crippen LogP) is 2.36. The molecule has 0 aromatic heterocycles. The fraction of sp³-hybridized carbons (Fsp3) is 0.500. The Morgan fingerprint density at radius 2 is 2.44 bits per heavy atom. The van der Waals surface area contributed by atoms with E-state index in [1.165, 1.54) is 9.95 Å². The largest absolute Gasteiger partial charge is 0.275 e. The van der Waals surface area contributed by atoms with Gasteiger partial charge in [0.2, 0.25) is 0 Å². The van der Waals surface area contributed by atoms with Crippen LogP contribution in [-0.2, 0) is 0 Å². The molecule has 1 nitrogen and oxygen atoms in total. The lowest BCUT2D eigenvalue weighted by molar-refractivity contribution is 1.43. The number of thioether (sulfide) groups is 2. The van der Waals surface area contributed by atoms with Crippen LogP contribution in [-0.4, -0.2) is 17.2 Å². The molecule has 50 valence electrons. The smallest absolute Gasteiger partial charge is 0.128 e. The molecule has 0 bridgehead atoms. The van der Waals surface area contributed by atoms with Crippen LogP contribution in [0.1, 0.15) is 6.92 Å². The van der Waals surface area contributed by atoms with Gasteiger partial charge in [0.15, 0.2) is 0 Å². The fourth-order valence-electron chi connectivity index (χ4n) is 0.512. The third kappa shape index (κ3) is 2.06. The minimum absolute atomic E-state index is 1.11. The summed E-state index contributed by atoms with van der Waals surface area (Å²) in [6.07, 6.45) is 0. The van der Waals surface area contributed by atoms with Crippen LogP contribution in [0.2, 0.25) is 0 Å². The molecule has 1 aliphatic rings. The highest BCUT2D eigenvalue weighted by Gasteiger charge is 2.04. The van der Waals surface area contributed by atoms with E-state index in [1.54, 1.807) is 11.8 Å². The van der Waals surface area contributed by atoms with Gasteiger partial charge in [-0.05, 0) is 12.3 Å². The van der Waals surface area contributed by atoms with E-state index in [0.29, 0.717) is 0 Å². The Bertz CT molecular complexity index is 160. The average Bonchev–Trinajstić information content (AvgIpc) is 1.90. The van der Waals surface area contributed by atoms with Gasteiger partial charge in [0.05, 0.1) is 0 Å². The van der Waals surface area contributed by atoms with Gasteiger partial charge in [-0.3, -0.25) is 4.99 Å². The average molecular weight is 159 g/mol. The molecule has 9 heavy (non-hydrogen) atoms. The van der Waals surface area contributed by atoms with E-state index in [2.05, 4.69) is 17.3 Å². The Kier molecular flexibility index (Phi) is 2.66. The highest BCUT2D eigenvalue weighted by molar-refractivity contribution is 8.40. The number of hydrogen-bond donors (Lipinski definition) is 0. The molecule has 0 fully saturated rings. The van der Waals surface area contributed by atoms with E-state index in [0.717, 1.165) is 5.75 Å². The van der Waals surface area contributed by atoms with Crippen LogP contribution in [0.3, 0.4) is 0 Å². The molecule has 0 amide bonds. The van der Waals surface area contributed by atoms with Crippen molar-refractivity contribution in [3.63, 3.8) is 0 Å². The molecule has 0 N–H and O–H groups in total. The molecule has 0 aromatic rings. The van der Waals surface area contributed by atoms with Crippen molar-refractivity contribution in [3.8, 4) is 0 Å². The maximum atomic E-state index is 4.08. The van der Waals surface area contributed by atoms with Gasteiger partial charge < -0.3 is 0 Å². The van der Waals surface area contributed by atoms with Crippen LogP contribution in [0.5, 0.6) is 0 Å². The first-order valence-electron chi connectivity index (χ1n) is 2.75. The molecule has 3 heteroatoms. The first-order chi connectivity index (χ1) is 4.33. The second kappa shape index (κ2) is 3.32. The lowest BCUT2D eigenvalue weighted by atomic mass is 10.4. The van der Waals surface area contributed by atoms with Crippen LogP contribution in [0.15, 0.2) is 16.0 Å². The molecule has 1 rings (SSSR count). The van der Waals surface area contributed by atoms with Crippen molar-refractivity contribution in [2.24, 2.45) is 4.99 Å². The minimum Gasteiger partial charge on any atom is -0.275 e. The molecule has 1 heterocycles. The molecule has 0 spiro atoms. The summed E-state index contributed by atoms with van der Waals surface area (Å²) in [5, 5.41) is 2.17. The number of aliphatic imine (C=N–C) groups is 1. The molecule has 0 aliphatic carbocycles. The summed E-state index contributed by atoms with van der Waals surface area (Å²) in [4.78, 5) is 4.08. The molecular weight excluding hydrogens is 150 g/mol. The molecule has 0 radical (unpaired) electrons. The zero-order valence-corrected chi connectivity index (χ0v) is 7.18. The third-order valence-electron chi connectivity index (χ3n) is 0.967. The summed E-state index contributed by atoms with van der Waals surface area (Å²) < 4.78 is 1.18. The summed E-state index contributed by atoms with van der Waals surface area (Å²) in [7, 11) is 1.84. The van der Waals surface area contributed by atoms with E-state index >= 15 is 0 Å². The van der Waals surface area contributed by atoms with E-state index in [1.807, 2.05) is 18.8 Å². The van der Waals surface area contributed by atoms with Crippen molar-refractivity contribution in [2.75, 3.05) is 12.8 Å². The van der Waals surface area contributed by atoms with Crippen molar-refractivity contribution in [2.45, 2.75) is 6.92 Å². The normalized spacial score (nSPS) is 24.2.